The fraction of sp³-hybridized carbons (Fsp3) is 0.333. The molecule has 1 aromatic heterocycles. The van der Waals surface area contributed by atoms with Crippen LogP contribution in [0.1, 0.15) is 5.82 Å². The predicted molar refractivity (Wildman–Crippen MR) is 73.8 cm³/mol. The summed E-state index contributed by atoms with van der Waals surface area (Å²) in [5.41, 5.74) is 0.839. The van der Waals surface area contributed by atoms with Gasteiger partial charge in [0, 0.05) is 32.7 Å². The quantitative estimate of drug-likeness (QED) is 0.854. The highest BCUT2D eigenvalue weighted by atomic mass is 32.2. The van der Waals surface area contributed by atoms with Gasteiger partial charge in [-0.2, -0.15) is 4.98 Å². The molecule has 0 amide bonds. The third kappa shape index (κ3) is 3.34. The van der Waals surface area contributed by atoms with E-state index >= 15 is 0 Å². The van der Waals surface area contributed by atoms with Gasteiger partial charge in [-0.3, -0.25) is 0 Å². The van der Waals surface area contributed by atoms with E-state index in [9.17, 15) is 8.42 Å². The molecule has 8 heteroatoms. The zero-order valence-electron chi connectivity index (χ0n) is 11.3. The molecule has 0 fully saturated rings. The lowest BCUT2D eigenvalue weighted by Crippen LogP contribution is -2.22. The summed E-state index contributed by atoms with van der Waals surface area (Å²) in [5.74, 6) is 0.629. The number of anilines is 1. The first-order valence-electron chi connectivity index (χ1n) is 6.02. The van der Waals surface area contributed by atoms with Crippen molar-refractivity contribution in [3.8, 4) is 0 Å². The molecule has 2 rings (SSSR count). The third-order valence-electron chi connectivity index (χ3n) is 2.72. The van der Waals surface area contributed by atoms with Crippen LogP contribution < -0.4 is 5.32 Å². The number of rotatable bonds is 6. The van der Waals surface area contributed by atoms with E-state index in [1.54, 1.807) is 24.3 Å². The zero-order valence-corrected chi connectivity index (χ0v) is 12.1. The summed E-state index contributed by atoms with van der Waals surface area (Å²) in [7, 11) is -0.364. The molecule has 7 nitrogen and oxygen atoms in total. The Morgan fingerprint density at radius 3 is 2.50 bits per heavy atom. The van der Waals surface area contributed by atoms with Crippen LogP contribution in [0.2, 0.25) is 0 Å². The highest BCUT2D eigenvalue weighted by Crippen LogP contribution is 2.16. The molecule has 0 spiro atoms. The summed E-state index contributed by atoms with van der Waals surface area (Å²) in [5, 5.41) is 6.86. The van der Waals surface area contributed by atoms with Crippen molar-refractivity contribution in [2.75, 3.05) is 26.0 Å². The number of sulfonamides is 1. The fourth-order valence-electron chi connectivity index (χ4n) is 1.58. The van der Waals surface area contributed by atoms with Crippen LogP contribution >= 0.6 is 0 Å². The average Bonchev–Trinajstić information content (AvgIpc) is 2.92. The third-order valence-corrected chi connectivity index (χ3v) is 4.55. The first-order valence-corrected chi connectivity index (χ1v) is 7.46. The van der Waals surface area contributed by atoms with Crippen LogP contribution in [0.5, 0.6) is 0 Å². The average molecular weight is 296 g/mol. The smallest absolute Gasteiger partial charge is 0.242 e. The highest BCUT2D eigenvalue weighted by molar-refractivity contribution is 7.89. The topological polar surface area (TPSA) is 88.3 Å². The number of nitrogens with one attached hydrogen (secondary N) is 1. The Morgan fingerprint density at radius 2 is 1.95 bits per heavy atom. The van der Waals surface area contributed by atoms with Gasteiger partial charge in [0.05, 0.1) is 4.90 Å². The fourth-order valence-corrected chi connectivity index (χ4v) is 2.48. The minimum absolute atomic E-state index is 0.270. The van der Waals surface area contributed by atoms with E-state index in [4.69, 9.17) is 0 Å². The van der Waals surface area contributed by atoms with E-state index in [1.807, 2.05) is 0 Å². The molecule has 1 N–H and O–H groups in total. The van der Waals surface area contributed by atoms with Crippen molar-refractivity contribution in [1.29, 1.82) is 0 Å². The lowest BCUT2D eigenvalue weighted by molar-refractivity contribution is 0.410. The number of hydrogen-bond acceptors (Lipinski definition) is 6. The van der Waals surface area contributed by atoms with Gasteiger partial charge < -0.3 is 9.84 Å². The largest absolute Gasteiger partial charge is 0.385 e. The molecule has 0 unspecified atom stereocenters. The lowest BCUT2D eigenvalue weighted by atomic mass is 10.3. The van der Waals surface area contributed by atoms with Gasteiger partial charge in [-0.05, 0) is 24.3 Å². The van der Waals surface area contributed by atoms with Crippen molar-refractivity contribution in [3.63, 3.8) is 0 Å². The van der Waals surface area contributed by atoms with Gasteiger partial charge in [-0.15, -0.1) is 0 Å². The molecule has 108 valence electrons. The molecule has 0 aliphatic carbocycles. The van der Waals surface area contributed by atoms with Crippen LogP contribution in [0.25, 0.3) is 0 Å². The summed E-state index contributed by atoms with van der Waals surface area (Å²) < 4.78 is 29.6. The second-order valence-corrected chi connectivity index (χ2v) is 6.49. The SMILES string of the molecule is CN(C)S(=O)(=O)c1ccc(NCCc2ncon2)cc1. The Hall–Kier alpha value is -1.93. The molecule has 2 aromatic rings. The standard InChI is InChI=1S/C12H16N4O3S/c1-16(2)20(17,18)11-5-3-10(4-6-11)13-8-7-12-14-9-19-15-12/h3-6,9,13H,7-8H2,1-2H3. The molecule has 1 aromatic carbocycles. The Morgan fingerprint density at radius 1 is 1.25 bits per heavy atom. The number of aromatic nitrogens is 2. The van der Waals surface area contributed by atoms with Crippen LogP contribution in [0.15, 0.2) is 40.1 Å². The number of hydrogen-bond donors (Lipinski definition) is 1. The van der Waals surface area contributed by atoms with Gasteiger partial charge in [-0.1, -0.05) is 5.16 Å². The maximum absolute atomic E-state index is 11.9. The van der Waals surface area contributed by atoms with Crippen LogP contribution in [0.4, 0.5) is 5.69 Å². The van der Waals surface area contributed by atoms with Crippen molar-refractivity contribution in [2.45, 2.75) is 11.3 Å². The summed E-state index contributed by atoms with van der Waals surface area (Å²) in [6, 6.07) is 6.61. The molecule has 0 saturated heterocycles. The van der Waals surface area contributed by atoms with E-state index in [0.717, 1.165) is 5.69 Å². The molecule has 0 saturated carbocycles. The van der Waals surface area contributed by atoms with Gasteiger partial charge in [0.2, 0.25) is 16.4 Å². The Labute approximate surface area is 117 Å². The Kier molecular flexibility index (Phi) is 4.35. The van der Waals surface area contributed by atoms with Crippen LogP contribution in [-0.4, -0.2) is 43.5 Å². The normalized spacial score (nSPS) is 11.8. The zero-order chi connectivity index (χ0) is 14.6. The van der Waals surface area contributed by atoms with Gasteiger partial charge >= 0.3 is 0 Å². The predicted octanol–water partition coefficient (Wildman–Crippen LogP) is 0.974. The van der Waals surface area contributed by atoms with Gasteiger partial charge in [0.1, 0.15) is 0 Å². The van der Waals surface area contributed by atoms with Crippen molar-refractivity contribution < 1.29 is 12.9 Å². The van der Waals surface area contributed by atoms with E-state index in [2.05, 4.69) is 20.0 Å². The van der Waals surface area contributed by atoms with E-state index in [-0.39, 0.29) is 4.90 Å². The van der Waals surface area contributed by atoms with E-state index in [0.29, 0.717) is 18.8 Å². The summed E-state index contributed by atoms with van der Waals surface area (Å²) in [6.45, 7) is 0.638. The summed E-state index contributed by atoms with van der Waals surface area (Å²) in [6.07, 6.45) is 1.92. The molecule has 20 heavy (non-hydrogen) atoms. The molecule has 0 aliphatic rings. The van der Waals surface area contributed by atoms with Crippen molar-refractivity contribution in [3.05, 3.63) is 36.5 Å². The number of benzene rings is 1. The van der Waals surface area contributed by atoms with Gasteiger partial charge in [-0.25, -0.2) is 12.7 Å². The second-order valence-electron chi connectivity index (χ2n) is 4.34. The van der Waals surface area contributed by atoms with Crippen molar-refractivity contribution in [1.82, 2.24) is 14.4 Å². The van der Waals surface area contributed by atoms with Crippen LogP contribution in [0, 0.1) is 0 Å². The monoisotopic (exact) mass is 296 g/mol. The van der Waals surface area contributed by atoms with Crippen LogP contribution in [-0.2, 0) is 16.4 Å². The molecule has 0 bridgehead atoms. The maximum atomic E-state index is 11.9. The van der Waals surface area contributed by atoms with E-state index < -0.39 is 10.0 Å². The van der Waals surface area contributed by atoms with Gasteiger partial charge in [0.15, 0.2) is 5.82 Å². The Bertz CT molecular complexity index is 636. The first-order chi connectivity index (χ1) is 9.50. The molecular weight excluding hydrogens is 280 g/mol. The van der Waals surface area contributed by atoms with Crippen molar-refractivity contribution in [2.24, 2.45) is 0 Å². The summed E-state index contributed by atoms with van der Waals surface area (Å²) >= 11 is 0. The molecule has 1 heterocycles. The lowest BCUT2D eigenvalue weighted by Gasteiger charge is -2.12. The maximum Gasteiger partial charge on any atom is 0.242 e. The second kappa shape index (κ2) is 6.02. The summed E-state index contributed by atoms with van der Waals surface area (Å²) in [4.78, 5) is 4.18. The molecule has 0 radical (unpaired) electrons. The van der Waals surface area contributed by atoms with Crippen LogP contribution in [0.3, 0.4) is 0 Å². The molecule has 0 atom stereocenters. The minimum atomic E-state index is -3.38. The van der Waals surface area contributed by atoms with Gasteiger partial charge in [0.25, 0.3) is 0 Å². The molecular formula is C12H16N4O3S. The first kappa shape index (κ1) is 14.5. The number of nitrogens with zero attached hydrogens (tertiary/aromatic N) is 3. The molecule has 0 aliphatic heterocycles. The Balaban J connectivity index is 1.95. The van der Waals surface area contributed by atoms with Crippen molar-refractivity contribution >= 4 is 15.7 Å². The van der Waals surface area contributed by atoms with E-state index in [1.165, 1.54) is 24.8 Å². The minimum Gasteiger partial charge on any atom is -0.385 e. The highest BCUT2D eigenvalue weighted by Gasteiger charge is 2.16.